The van der Waals surface area contributed by atoms with Gasteiger partial charge in [0.2, 0.25) is 0 Å². The number of hydrogen-bond donors (Lipinski definition) is 2. The van der Waals surface area contributed by atoms with Gasteiger partial charge < -0.3 is 19.7 Å². The normalized spacial score (nSPS) is 27.3. The molecule has 2 atom stereocenters. The molecule has 2 N–H and O–H groups in total. The van der Waals surface area contributed by atoms with Crippen LogP contribution in [0, 0.1) is 0 Å². The number of ketones is 1. The number of hydrogen-bond acceptors (Lipinski definition) is 9. The summed E-state index contributed by atoms with van der Waals surface area (Å²) in [6.45, 7) is 0. The van der Waals surface area contributed by atoms with E-state index in [4.69, 9.17) is 10.2 Å². The molecule has 1 aliphatic rings. The van der Waals surface area contributed by atoms with Crippen molar-refractivity contribution in [3.8, 4) is 0 Å². The van der Waals surface area contributed by atoms with Gasteiger partial charge in [-0.3, -0.25) is 14.4 Å². The summed E-state index contributed by atoms with van der Waals surface area (Å²) in [5, 5.41) is 18.2. The van der Waals surface area contributed by atoms with Crippen LogP contribution in [-0.2, 0) is 33.4 Å². The molecule has 0 spiro atoms. The van der Waals surface area contributed by atoms with E-state index >= 15 is 0 Å². The minimum Gasteiger partial charge on any atom is -0.391 e. The molecule has 9 heteroatoms. The first kappa shape index (κ1) is 13.9. The fourth-order valence-electron chi connectivity index (χ4n) is 1.05. The van der Waals surface area contributed by atoms with Gasteiger partial charge in [0.15, 0.2) is 6.10 Å². The average Bonchev–Trinajstić information content (AvgIpc) is 2.26. The number of aliphatic hydroxyl groups is 2. The highest BCUT2D eigenvalue weighted by Gasteiger charge is 2.33. The van der Waals surface area contributed by atoms with Crippen molar-refractivity contribution in [3.05, 3.63) is 0 Å². The molecular weight excluding hydrogens is 252 g/mol. The minimum absolute atomic E-state index is 0.957. The number of cyclic esters (lactones) is 4. The van der Waals surface area contributed by atoms with Gasteiger partial charge in [-0.25, -0.2) is 9.59 Å². The zero-order valence-electron chi connectivity index (χ0n) is 8.82. The number of rotatable bonds is 0. The Bertz CT molecular complexity index is 424. The molecule has 98 valence electrons. The standard InChI is InChI=1S/C9H8O9/c10-3-1-5(12)17-8(15)4(11)2-6(13)18-9(16)7(3)14/h3-4,10-11H,1-2H2. The summed E-state index contributed by atoms with van der Waals surface area (Å²) in [5.74, 6) is -7.32. The molecule has 0 saturated carbocycles. The van der Waals surface area contributed by atoms with E-state index in [9.17, 15) is 24.0 Å². The van der Waals surface area contributed by atoms with E-state index in [1.807, 2.05) is 0 Å². The molecule has 0 radical (unpaired) electrons. The van der Waals surface area contributed by atoms with E-state index in [0.717, 1.165) is 0 Å². The van der Waals surface area contributed by atoms with Crippen molar-refractivity contribution in [1.82, 2.24) is 0 Å². The van der Waals surface area contributed by atoms with Crippen LogP contribution >= 0.6 is 0 Å². The van der Waals surface area contributed by atoms with Crippen LogP contribution in [0.3, 0.4) is 0 Å². The van der Waals surface area contributed by atoms with Crippen molar-refractivity contribution >= 4 is 29.7 Å². The second-order valence-corrected chi connectivity index (χ2v) is 3.36. The fraction of sp³-hybridized carbons (Fsp3) is 0.444. The summed E-state index contributed by atoms with van der Waals surface area (Å²) in [6, 6.07) is 0. The van der Waals surface area contributed by atoms with Gasteiger partial charge in [0.1, 0.15) is 6.10 Å². The largest absolute Gasteiger partial charge is 0.391 e. The summed E-state index contributed by atoms with van der Waals surface area (Å²) in [6.07, 6.45) is -6.01. The van der Waals surface area contributed by atoms with Gasteiger partial charge in [0.25, 0.3) is 5.78 Å². The number of carbonyl (C=O) groups is 5. The molecule has 1 saturated heterocycles. The topological polar surface area (TPSA) is 144 Å². The first-order chi connectivity index (χ1) is 8.31. The quantitative estimate of drug-likeness (QED) is 0.268. The predicted octanol–water partition coefficient (Wildman–Crippen LogP) is -2.79. The molecule has 1 heterocycles. The molecule has 0 aliphatic carbocycles. The van der Waals surface area contributed by atoms with Crippen molar-refractivity contribution in [3.63, 3.8) is 0 Å². The smallest absolute Gasteiger partial charge is 0.385 e. The zero-order chi connectivity index (χ0) is 13.9. The molecule has 1 aliphatic heterocycles. The molecule has 0 amide bonds. The second kappa shape index (κ2) is 5.47. The second-order valence-electron chi connectivity index (χ2n) is 3.36. The van der Waals surface area contributed by atoms with Crippen molar-refractivity contribution in [2.24, 2.45) is 0 Å². The van der Waals surface area contributed by atoms with E-state index in [1.165, 1.54) is 0 Å². The lowest BCUT2D eigenvalue weighted by Gasteiger charge is -2.07. The van der Waals surface area contributed by atoms with Gasteiger partial charge in [0.05, 0.1) is 12.8 Å². The van der Waals surface area contributed by atoms with Crippen LogP contribution < -0.4 is 0 Å². The maximum Gasteiger partial charge on any atom is 0.385 e. The Hall–Kier alpha value is -2.13. The molecule has 0 aromatic rings. The highest BCUT2D eigenvalue weighted by Crippen LogP contribution is 2.05. The van der Waals surface area contributed by atoms with Gasteiger partial charge in [-0.05, 0) is 0 Å². The highest BCUT2D eigenvalue weighted by atomic mass is 16.6. The third-order valence-corrected chi connectivity index (χ3v) is 1.92. The van der Waals surface area contributed by atoms with Crippen LogP contribution in [0.1, 0.15) is 12.8 Å². The lowest BCUT2D eigenvalue weighted by Crippen LogP contribution is -2.33. The Balaban J connectivity index is 2.93. The summed E-state index contributed by atoms with van der Waals surface area (Å²) in [4.78, 5) is 55.1. The summed E-state index contributed by atoms with van der Waals surface area (Å²) in [7, 11) is 0. The summed E-state index contributed by atoms with van der Waals surface area (Å²) >= 11 is 0. The predicted molar refractivity (Wildman–Crippen MR) is 48.5 cm³/mol. The van der Waals surface area contributed by atoms with Crippen molar-refractivity contribution in [2.75, 3.05) is 0 Å². The number of aliphatic hydroxyl groups excluding tert-OH is 2. The van der Waals surface area contributed by atoms with Crippen LogP contribution in [0.4, 0.5) is 0 Å². The number of ether oxygens (including phenoxy) is 2. The average molecular weight is 260 g/mol. The molecule has 1 fully saturated rings. The van der Waals surface area contributed by atoms with Gasteiger partial charge in [-0.15, -0.1) is 0 Å². The van der Waals surface area contributed by atoms with Crippen LogP contribution in [0.25, 0.3) is 0 Å². The van der Waals surface area contributed by atoms with E-state index < -0.39 is 54.7 Å². The van der Waals surface area contributed by atoms with Gasteiger partial charge in [-0.1, -0.05) is 0 Å². The number of esters is 4. The highest BCUT2D eigenvalue weighted by molar-refractivity contribution is 6.37. The monoisotopic (exact) mass is 260 g/mol. The Morgan fingerprint density at radius 1 is 0.833 bits per heavy atom. The Morgan fingerprint density at radius 2 is 1.33 bits per heavy atom. The Labute approximate surface area is 99.3 Å². The molecule has 18 heavy (non-hydrogen) atoms. The van der Waals surface area contributed by atoms with Crippen LogP contribution in [0.5, 0.6) is 0 Å². The number of Topliss-reactive ketones (excluding diaryl/α,β-unsaturated/α-hetero) is 1. The molecule has 1 rings (SSSR count). The summed E-state index contributed by atoms with van der Waals surface area (Å²) in [5.41, 5.74) is 0. The van der Waals surface area contributed by atoms with Crippen LogP contribution in [-0.4, -0.2) is 52.1 Å². The first-order valence-corrected chi connectivity index (χ1v) is 4.70. The SMILES string of the molecule is O=C1CC(O)C(=O)OC(=O)CC(O)C(=O)C(=O)O1. The Morgan fingerprint density at radius 3 is 1.94 bits per heavy atom. The zero-order valence-corrected chi connectivity index (χ0v) is 8.82. The molecule has 9 nitrogen and oxygen atoms in total. The van der Waals surface area contributed by atoms with E-state index in [1.54, 1.807) is 0 Å². The van der Waals surface area contributed by atoms with Gasteiger partial charge in [-0.2, -0.15) is 0 Å². The first-order valence-electron chi connectivity index (χ1n) is 4.70. The third kappa shape index (κ3) is 3.43. The van der Waals surface area contributed by atoms with Crippen molar-refractivity contribution < 1.29 is 43.7 Å². The van der Waals surface area contributed by atoms with Crippen molar-refractivity contribution in [1.29, 1.82) is 0 Å². The molecule has 2 unspecified atom stereocenters. The fourth-order valence-corrected chi connectivity index (χ4v) is 1.05. The third-order valence-electron chi connectivity index (χ3n) is 1.92. The van der Waals surface area contributed by atoms with Gasteiger partial charge in [0, 0.05) is 0 Å². The minimum atomic E-state index is -2.08. The van der Waals surface area contributed by atoms with E-state index in [-0.39, 0.29) is 0 Å². The molecular formula is C9H8O9. The van der Waals surface area contributed by atoms with Crippen LogP contribution in [0.2, 0.25) is 0 Å². The van der Waals surface area contributed by atoms with E-state index in [2.05, 4.69) is 9.47 Å². The summed E-state index contributed by atoms with van der Waals surface area (Å²) < 4.78 is 7.99. The maximum absolute atomic E-state index is 11.1. The van der Waals surface area contributed by atoms with Gasteiger partial charge >= 0.3 is 23.9 Å². The van der Waals surface area contributed by atoms with Crippen LogP contribution in [0.15, 0.2) is 0 Å². The van der Waals surface area contributed by atoms with E-state index in [0.29, 0.717) is 0 Å². The lowest BCUT2D eigenvalue weighted by atomic mass is 10.2. The molecule has 0 bridgehead atoms. The number of carbonyl (C=O) groups excluding carboxylic acids is 5. The lowest BCUT2D eigenvalue weighted by molar-refractivity contribution is -0.170. The maximum atomic E-state index is 11.1. The Kier molecular flexibility index (Phi) is 4.23. The van der Waals surface area contributed by atoms with Crippen molar-refractivity contribution in [2.45, 2.75) is 25.0 Å². The molecule has 0 aromatic heterocycles. The molecule has 0 aromatic carbocycles.